The monoisotopic (exact) mass is 602 g/mol. The van der Waals surface area contributed by atoms with Crippen molar-refractivity contribution >= 4 is 5.91 Å². The summed E-state index contributed by atoms with van der Waals surface area (Å²) in [5.41, 5.74) is 3.42. The molecule has 1 aliphatic carbocycles. The molecule has 2 aliphatic rings. The van der Waals surface area contributed by atoms with Gasteiger partial charge in [0, 0.05) is 36.9 Å². The second-order valence-electron chi connectivity index (χ2n) is 11.4. The van der Waals surface area contributed by atoms with Gasteiger partial charge in [0.25, 0.3) is 0 Å². The quantitative estimate of drug-likeness (QED) is 0.191. The fourth-order valence-corrected chi connectivity index (χ4v) is 5.57. The van der Waals surface area contributed by atoms with Crippen molar-refractivity contribution < 1.29 is 28.5 Å². The van der Waals surface area contributed by atoms with Crippen molar-refractivity contribution in [2.75, 3.05) is 53.2 Å². The van der Waals surface area contributed by atoms with Crippen LogP contribution in [0.1, 0.15) is 48.3 Å². The Labute approximate surface area is 261 Å². The molecule has 2 fully saturated rings. The van der Waals surface area contributed by atoms with Crippen LogP contribution in [0, 0.1) is 5.92 Å². The van der Waals surface area contributed by atoms with E-state index >= 15 is 0 Å². The molecule has 8 nitrogen and oxygen atoms in total. The minimum absolute atomic E-state index is 0.0763. The second-order valence-corrected chi connectivity index (χ2v) is 11.4. The van der Waals surface area contributed by atoms with Crippen LogP contribution in [0.5, 0.6) is 17.2 Å². The Morgan fingerprint density at radius 3 is 2.41 bits per heavy atom. The van der Waals surface area contributed by atoms with E-state index in [1.54, 1.807) is 7.11 Å². The third-order valence-electron chi connectivity index (χ3n) is 8.17. The predicted octanol–water partition coefficient (Wildman–Crippen LogP) is 5.29. The van der Waals surface area contributed by atoms with Crippen LogP contribution in [0.4, 0.5) is 0 Å². The first-order valence-corrected chi connectivity index (χ1v) is 15.9. The minimum Gasteiger partial charge on any atom is -0.496 e. The van der Waals surface area contributed by atoms with Gasteiger partial charge in [-0.2, -0.15) is 0 Å². The van der Waals surface area contributed by atoms with E-state index in [9.17, 15) is 4.79 Å². The van der Waals surface area contributed by atoms with Gasteiger partial charge in [0.2, 0.25) is 5.91 Å². The summed E-state index contributed by atoms with van der Waals surface area (Å²) in [5.74, 6) is 3.29. The summed E-state index contributed by atoms with van der Waals surface area (Å²) >= 11 is 0. The Balaban J connectivity index is 1.00. The molecule has 0 unspecified atom stereocenters. The van der Waals surface area contributed by atoms with Gasteiger partial charge in [0.15, 0.2) is 0 Å². The van der Waals surface area contributed by atoms with Crippen LogP contribution in [0.25, 0.3) is 0 Å². The van der Waals surface area contributed by atoms with Crippen molar-refractivity contribution in [1.82, 2.24) is 10.6 Å². The number of hydrogen-bond acceptors (Lipinski definition) is 7. The molecule has 0 bridgehead atoms. The fraction of sp³-hybridized carbons (Fsp3) is 0.472. The zero-order chi connectivity index (χ0) is 30.4. The van der Waals surface area contributed by atoms with Gasteiger partial charge in [-0.05, 0) is 67.6 Å². The maximum absolute atomic E-state index is 11.9. The van der Waals surface area contributed by atoms with Gasteiger partial charge in [-0.15, -0.1) is 0 Å². The Kier molecular flexibility index (Phi) is 12.3. The van der Waals surface area contributed by atoms with Crippen LogP contribution in [-0.2, 0) is 27.3 Å². The minimum atomic E-state index is 0.0763. The number of ether oxygens (including phenoxy) is 5. The number of nitrogens with one attached hydrogen (secondary N) is 2. The second kappa shape index (κ2) is 17.0. The van der Waals surface area contributed by atoms with Crippen LogP contribution < -0.4 is 24.8 Å². The average Bonchev–Trinajstić information content (AvgIpc) is 3.92. The Morgan fingerprint density at radius 1 is 0.841 bits per heavy atom. The van der Waals surface area contributed by atoms with E-state index in [-0.39, 0.29) is 17.9 Å². The number of amides is 1. The van der Waals surface area contributed by atoms with Gasteiger partial charge in [-0.1, -0.05) is 48.5 Å². The van der Waals surface area contributed by atoms with Crippen molar-refractivity contribution in [2.45, 2.75) is 50.7 Å². The molecule has 1 saturated heterocycles. The first kappa shape index (κ1) is 31.8. The van der Waals surface area contributed by atoms with Gasteiger partial charge in [-0.3, -0.25) is 4.79 Å². The lowest BCUT2D eigenvalue weighted by molar-refractivity contribution is -0.122. The molecule has 0 radical (unpaired) electrons. The zero-order valence-electron chi connectivity index (χ0n) is 25.8. The summed E-state index contributed by atoms with van der Waals surface area (Å²) in [7, 11) is 1.68. The van der Waals surface area contributed by atoms with E-state index in [0.717, 1.165) is 73.6 Å². The molecule has 236 valence electrons. The lowest BCUT2D eigenvalue weighted by Gasteiger charge is -2.32. The van der Waals surface area contributed by atoms with Crippen molar-refractivity contribution in [3.63, 3.8) is 0 Å². The van der Waals surface area contributed by atoms with E-state index in [0.29, 0.717) is 45.5 Å². The van der Waals surface area contributed by atoms with E-state index in [1.807, 2.05) is 42.5 Å². The molecule has 0 spiro atoms. The molecule has 8 heteroatoms. The number of hydrogen-bond donors (Lipinski definition) is 2. The third kappa shape index (κ3) is 9.71. The molecule has 1 saturated carbocycles. The number of carbonyl (C=O) groups excluding carboxylic acids is 1. The lowest BCUT2D eigenvalue weighted by Crippen LogP contribution is -2.41. The number of para-hydroxylation sites is 2. The number of methoxy groups -OCH3 is 1. The fourth-order valence-electron chi connectivity index (χ4n) is 5.57. The summed E-state index contributed by atoms with van der Waals surface area (Å²) < 4.78 is 29.6. The van der Waals surface area contributed by atoms with E-state index in [4.69, 9.17) is 23.7 Å². The molecular weight excluding hydrogens is 556 g/mol. The zero-order valence-corrected chi connectivity index (χ0v) is 25.8. The molecule has 1 amide bonds. The Morgan fingerprint density at radius 2 is 1.61 bits per heavy atom. The molecule has 1 heterocycles. The maximum Gasteiger partial charge on any atom is 0.223 e. The number of piperidine rings is 1. The largest absolute Gasteiger partial charge is 0.496 e. The van der Waals surface area contributed by atoms with Crippen LogP contribution >= 0.6 is 0 Å². The summed E-state index contributed by atoms with van der Waals surface area (Å²) in [6, 6.07) is 24.4. The average molecular weight is 603 g/mol. The smallest absolute Gasteiger partial charge is 0.223 e. The Bertz CT molecular complexity index is 1300. The lowest BCUT2D eigenvalue weighted by atomic mass is 9.88. The molecule has 3 aromatic rings. The van der Waals surface area contributed by atoms with Crippen molar-refractivity contribution in [2.24, 2.45) is 5.92 Å². The Hall–Kier alpha value is -3.59. The highest BCUT2D eigenvalue weighted by molar-refractivity contribution is 5.80. The highest BCUT2D eigenvalue weighted by Crippen LogP contribution is 2.30. The topological polar surface area (TPSA) is 87.3 Å². The molecule has 1 aliphatic heterocycles. The molecule has 2 atom stereocenters. The summed E-state index contributed by atoms with van der Waals surface area (Å²) in [6.07, 6.45) is 4.70. The van der Waals surface area contributed by atoms with Crippen molar-refractivity contribution in [3.05, 3.63) is 89.5 Å². The van der Waals surface area contributed by atoms with Gasteiger partial charge in [0.1, 0.15) is 23.9 Å². The molecule has 2 N–H and O–H groups in total. The van der Waals surface area contributed by atoms with Crippen molar-refractivity contribution in [1.29, 1.82) is 0 Å². The number of rotatable bonds is 18. The third-order valence-corrected chi connectivity index (χ3v) is 8.17. The van der Waals surface area contributed by atoms with Crippen LogP contribution in [0.2, 0.25) is 0 Å². The molecule has 44 heavy (non-hydrogen) atoms. The normalized spacial score (nSPS) is 18.0. The van der Waals surface area contributed by atoms with E-state index in [2.05, 4.69) is 41.0 Å². The van der Waals surface area contributed by atoms with Crippen molar-refractivity contribution in [3.8, 4) is 17.2 Å². The number of carbonyl (C=O) groups is 1. The van der Waals surface area contributed by atoms with Crippen LogP contribution in [0.15, 0.2) is 72.8 Å². The molecule has 5 rings (SSSR count). The van der Waals surface area contributed by atoms with Gasteiger partial charge in [-0.25, -0.2) is 0 Å². The summed E-state index contributed by atoms with van der Waals surface area (Å²) in [6.45, 7) is 5.15. The van der Waals surface area contributed by atoms with Gasteiger partial charge < -0.3 is 34.3 Å². The van der Waals surface area contributed by atoms with Crippen LogP contribution in [-0.4, -0.2) is 65.2 Å². The van der Waals surface area contributed by atoms with Gasteiger partial charge >= 0.3 is 0 Å². The molecule has 3 aromatic carbocycles. The highest BCUT2D eigenvalue weighted by Gasteiger charge is 2.29. The first-order valence-electron chi connectivity index (χ1n) is 15.9. The standard InChI is InChI=1S/C36H46N2O6/c1-40-33-9-4-3-8-30(33)26-41-21-6-22-42-31-15-13-27(14-16-31)32-18-19-37-25-35(32)44-24-23-43-34-10-5-2-7-28(34)17-20-38-36(39)29-11-12-29/h2-5,7-10,13-16,29,32,35,37H,6,11-12,17-26H2,1H3,(H,38,39)/t32-,35+/m1/s1. The molecule has 0 aromatic heterocycles. The van der Waals surface area contributed by atoms with Gasteiger partial charge in [0.05, 0.1) is 39.6 Å². The summed E-state index contributed by atoms with van der Waals surface area (Å²) in [5, 5.41) is 6.51. The SMILES string of the molecule is COc1ccccc1COCCCOc1ccc([C@H]2CCNC[C@@H]2OCCOc2ccccc2CCNC(=O)C2CC2)cc1. The van der Waals surface area contributed by atoms with E-state index < -0.39 is 0 Å². The predicted molar refractivity (Wildman–Crippen MR) is 171 cm³/mol. The summed E-state index contributed by atoms with van der Waals surface area (Å²) in [4.78, 5) is 11.9. The maximum atomic E-state index is 11.9. The van der Waals surface area contributed by atoms with E-state index in [1.165, 1.54) is 5.56 Å². The number of benzene rings is 3. The van der Waals surface area contributed by atoms with Crippen LogP contribution in [0.3, 0.4) is 0 Å². The highest BCUT2D eigenvalue weighted by atomic mass is 16.5. The molecular formula is C36H46N2O6. The first-order chi connectivity index (χ1) is 21.7.